The number of carboxylic acid groups (broad SMARTS) is 1. The van der Waals surface area contributed by atoms with Crippen LogP contribution in [0.25, 0.3) is 0 Å². The molecule has 2 aromatic carbocycles. The van der Waals surface area contributed by atoms with Crippen molar-refractivity contribution in [3.05, 3.63) is 71.8 Å². The summed E-state index contributed by atoms with van der Waals surface area (Å²) in [5.74, 6) is -1.22. The van der Waals surface area contributed by atoms with E-state index < -0.39 is 30.2 Å². The average molecular weight is 451 g/mol. The predicted molar refractivity (Wildman–Crippen MR) is 122 cm³/mol. The summed E-state index contributed by atoms with van der Waals surface area (Å²) in [5.41, 5.74) is 2.00. The van der Waals surface area contributed by atoms with Crippen molar-refractivity contribution < 1.29 is 24.2 Å². The van der Waals surface area contributed by atoms with Gasteiger partial charge in [0.15, 0.2) is 0 Å². The van der Waals surface area contributed by atoms with Gasteiger partial charge in [-0.2, -0.15) is 0 Å². The Labute approximate surface area is 193 Å². The van der Waals surface area contributed by atoms with E-state index in [0.29, 0.717) is 19.3 Å². The third kappa shape index (κ3) is 4.58. The van der Waals surface area contributed by atoms with Crippen LogP contribution in [0.15, 0.2) is 60.7 Å². The zero-order valence-corrected chi connectivity index (χ0v) is 19.0. The van der Waals surface area contributed by atoms with Crippen molar-refractivity contribution in [1.82, 2.24) is 9.80 Å². The number of hydrogen-bond acceptors (Lipinski definition) is 4. The van der Waals surface area contributed by atoms with Gasteiger partial charge in [-0.3, -0.25) is 9.69 Å². The maximum atomic E-state index is 13.4. The first-order valence-electron chi connectivity index (χ1n) is 11.5. The van der Waals surface area contributed by atoms with E-state index in [4.69, 9.17) is 4.74 Å². The van der Waals surface area contributed by atoms with Gasteiger partial charge in [0.1, 0.15) is 18.7 Å². The molecule has 7 nitrogen and oxygen atoms in total. The number of carbonyl (C=O) groups is 3. The number of carbonyl (C=O) groups excluding carboxylic acids is 2. The molecule has 0 bridgehead atoms. The fraction of sp³-hybridized carbons (Fsp3) is 0.423. The van der Waals surface area contributed by atoms with Crippen LogP contribution in [0, 0.1) is 5.92 Å². The van der Waals surface area contributed by atoms with Crippen LogP contribution >= 0.6 is 0 Å². The van der Waals surface area contributed by atoms with Gasteiger partial charge in [-0.15, -0.1) is 0 Å². The number of cyclic esters (lactones) is 1. The fourth-order valence-electron chi connectivity index (χ4n) is 4.95. The standard InChI is InChI=1S/C26H30N2O5/c1-17(2)15-21(25(30)31)27-20(14-13-18-9-5-3-6-10-18)23(24(27)29)28-22(16-33-26(28)32)19-11-7-4-8-12-19/h3-12,17,20-23H,13-16H2,1-2H3,(H,30,31)/t20-,21+,22-,23+/m1/s1. The van der Waals surface area contributed by atoms with Crippen molar-refractivity contribution >= 4 is 18.0 Å². The van der Waals surface area contributed by atoms with Crippen molar-refractivity contribution in [1.29, 1.82) is 0 Å². The lowest BCUT2D eigenvalue weighted by Crippen LogP contribution is -2.74. The highest BCUT2D eigenvalue weighted by Gasteiger charge is 2.58. The SMILES string of the molecule is CC(C)C[C@@H](C(=O)O)N1C(=O)[C@@H](N2C(=O)OC[C@@H]2c2ccccc2)[C@H]1CCc1ccccc1. The number of nitrogens with zero attached hydrogens (tertiary/aromatic N) is 2. The molecule has 0 radical (unpaired) electrons. The average Bonchev–Trinajstić information content (AvgIpc) is 3.17. The second-order valence-electron chi connectivity index (χ2n) is 9.18. The van der Waals surface area contributed by atoms with Gasteiger partial charge < -0.3 is 14.7 Å². The largest absolute Gasteiger partial charge is 0.480 e. The number of likely N-dealkylation sites (tertiary alicyclic amines) is 1. The molecule has 4 rings (SSSR count). The molecular weight excluding hydrogens is 420 g/mol. The molecule has 2 aliphatic heterocycles. The molecular formula is C26H30N2O5. The molecule has 33 heavy (non-hydrogen) atoms. The number of β-lactam (4-membered cyclic amide) rings is 1. The Bertz CT molecular complexity index is 994. The quantitative estimate of drug-likeness (QED) is 0.586. The lowest BCUT2D eigenvalue weighted by molar-refractivity contribution is -0.172. The van der Waals surface area contributed by atoms with Crippen LogP contribution in [0.1, 0.15) is 43.9 Å². The van der Waals surface area contributed by atoms with E-state index in [9.17, 15) is 19.5 Å². The maximum absolute atomic E-state index is 13.4. The van der Waals surface area contributed by atoms with Gasteiger partial charge in [0.25, 0.3) is 0 Å². The van der Waals surface area contributed by atoms with Crippen LogP contribution < -0.4 is 0 Å². The smallest absolute Gasteiger partial charge is 0.411 e. The second-order valence-corrected chi connectivity index (χ2v) is 9.18. The number of hydrogen-bond donors (Lipinski definition) is 1. The zero-order valence-electron chi connectivity index (χ0n) is 19.0. The summed E-state index contributed by atoms with van der Waals surface area (Å²) in [4.78, 5) is 41.3. The van der Waals surface area contributed by atoms with Gasteiger partial charge in [0.2, 0.25) is 5.91 Å². The Balaban J connectivity index is 1.64. The molecule has 0 aromatic heterocycles. The highest BCUT2D eigenvalue weighted by Crippen LogP contribution is 2.39. The van der Waals surface area contributed by atoms with Crippen molar-refractivity contribution in [2.75, 3.05) is 6.61 Å². The normalized spacial score (nSPS) is 23.4. The topological polar surface area (TPSA) is 87.2 Å². The van der Waals surface area contributed by atoms with Crippen LogP contribution in [-0.4, -0.2) is 57.6 Å². The van der Waals surface area contributed by atoms with Crippen molar-refractivity contribution in [3.63, 3.8) is 0 Å². The number of amides is 2. The van der Waals surface area contributed by atoms with E-state index >= 15 is 0 Å². The Hall–Kier alpha value is -3.35. The number of aliphatic carboxylic acids is 1. The van der Waals surface area contributed by atoms with Gasteiger partial charge in [0, 0.05) is 0 Å². The first kappa shape index (κ1) is 22.8. The molecule has 0 saturated carbocycles. The molecule has 4 atom stereocenters. The molecule has 2 amide bonds. The summed E-state index contributed by atoms with van der Waals surface area (Å²) in [7, 11) is 0. The zero-order chi connectivity index (χ0) is 23.5. The first-order chi connectivity index (χ1) is 15.9. The van der Waals surface area contributed by atoms with Crippen molar-refractivity contribution in [3.8, 4) is 0 Å². The minimum Gasteiger partial charge on any atom is -0.480 e. The van der Waals surface area contributed by atoms with E-state index in [0.717, 1.165) is 11.1 Å². The third-order valence-corrected chi connectivity index (χ3v) is 6.51. The Morgan fingerprint density at radius 3 is 2.30 bits per heavy atom. The highest BCUT2D eigenvalue weighted by molar-refractivity contribution is 5.96. The van der Waals surface area contributed by atoms with E-state index in [-0.39, 0.29) is 24.5 Å². The molecule has 7 heteroatoms. The third-order valence-electron chi connectivity index (χ3n) is 6.51. The molecule has 174 valence electrons. The summed E-state index contributed by atoms with van der Waals surface area (Å²) in [6, 6.07) is 17.0. The van der Waals surface area contributed by atoms with Gasteiger partial charge in [-0.05, 0) is 36.3 Å². The lowest BCUT2D eigenvalue weighted by Gasteiger charge is -2.53. The van der Waals surface area contributed by atoms with E-state index in [1.165, 1.54) is 9.80 Å². The van der Waals surface area contributed by atoms with Crippen LogP contribution in [0.2, 0.25) is 0 Å². The summed E-state index contributed by atoms with van der Waals surface area (Å²) in [5, 5.41) is 9.91. The first-order valence-corrected chi connectivity index (χ1v) is 11.5. The van der Waals surface area contributed by atoms with E-state index in [1.54, 1.807) is 0 Å². The van der Waals surface area contributed by atoms with Crippen molar-refractivity contribution in [2.24, 2.45) is 5.92 Å². The van der Waals surface area contributed by atoms with Crippen LogP contribution in [0.4, 0.5) is 4.79 Å². The van der Waals surface area contributed by atoms with Crippen molar-refractivity contribution in [2.45, 2.75) is 57.3 Å². The van der Waals surface area contributed by atoms with E-state index in [2.05, 4.69) is 0 Å². The molecule has 0 unspecified atom stereocenters. The number of rotatable bonds is 9. The summed E-state index contributed by atoms with van der Waals surface area (Å²) < 4.78 is 5.36. The Morgan fingerprint density at radius 2 is 1.70 bits per heavy atom. The molecule has 0 spiro atoms. The molecule has 2 aliphatic rings. The van der Waals surface area contributed by atoms with Crippen LogP contribution in [-0.2, 0) is 20.7 Å². The number of benzene rings is 2. The molecule has 2 fully saturated rings. The predicted octanol–water partition coefficient (Wildman–Crippen LogP) is 3.89. The number of carboxylic acids is 1. The highest BCUT2D eigenvalue weighted by atomic mass is 16.6. The number of ether oxygens (including phenoxy) is 1. The molecule has 2 aromatic rings. The molecule has 1 N–H and O–H groups in total. The summed E-state index contributed by atoms with van der Waals surface area (Å²) in [6.45, 7) is 4.06. The van der Waals surface area contributed by atoms with E-state index in [1.807, 2.05) is 74.5 Å². The van der Waals surface area contributed by atoms with Gasteiger partial charge in [-0.25, -0.2) is 9.59 Å². The van der Waals surface area contributed by atoms with Crippen LogP contribution in [0.5, 0.6) is 0 Å². The Morgan fingerprint density at radius 1 is 1.06 bits per heavy atom. The minimum atomic E-state index is -1.01. The molecule has 2 saturated heterocycles. The summed E-state index contributed by atoms with van der Waals surface area (Å²) in [6.07, 6.45) is 1.08. The monoisotopic (exact) mass is 450 g/mol. The lowest BCUT2D eigenvalue weighted by atomic mass is 9.84. The van der Waals surface area contributed by atoms with Gasteiger partial charge >= 0.3 is 12.1 Å². The van der Waals surface area contributed by atoms with Gasteiger partial charge in [0.05, 0.1) is 12.1 Å². The fourth-order valence-corrected chi connectivity index (χ4v) is 4.95. The minimum absolute atomic E-state index is 0.113. The second kappa shape index (κ2) is 9.65. The van der Waals surface area contributed by atoms with Crippen LogP contribution in [0.3, 0.4) is 0 Å². The molecule has 2 heterocycles. The number of aryl methyl sites for hydroxylation is 1. The maximum Gasteiger partial charge on any atom is 0.411 e. The molecule has 0 aliphatic carbocycles. The summed E-state index contributed by atoms with van der Waals surface area (Å²) >= 11 is 0. The Kier molecular flexibility index (Phi) is 6.67. The van der Waals surface area contributed by atoms with Gasteiger partial charge in [-0.1, -0.05) is 74.5 Å².